The number of hydrogen-bond donors (Lipinski definition) is 5. The lowest BCUT2D eigenvalue weighted by atomic mass is 10.2. The first-order chi connectivity index (χ1) is 14.6. The summed E-state index contributed by atoms with van der Waals surface area (Å²) in [6, 6.07) is 16.4. The predicted molar refractivity (Wildman–Crippen MR) is 137 cm³/mol. The fourth-order valence-corrected chi connectivity index (χ4v) is 3.94. The summed E-state index contributed by atoms with van der Waals surface area (Å²) < 4.78 is 1.14. The molecule has 9 heteroatoms. The minimum atomic E-state index is -0.682. The van der Waals surface area contributed by atoms with Gasteiger partial charge in [-0.05, 0) is 36.6 Å². The van der Waals surface area contributed by atoms with Crippen LogP contribution in [0, 0.1) is 0 Å². The molecule has 0 aliphatic heterocycles. The Kier molecular flexibility index (Phi) is 10.0. The SMILES string of the molecule is CCNC(=NCC(O)c1cc2ccccc2s1)NCCNC(=O)c1ccccc1O.I. The average molecular weight is 554 g/mol. The van der Waals surface area contributed by atoms with E-state index in [9.17, 15) is 15.0 Å². The number of thiophene rings is 1. The van der Waals surface area contributed by atoms with Crippen molar-refractivity contribution in [3.63, 3.8) is 0 Å². The number of aromatic hydroxyl groups is 1. The van der Waals surface area contributed by atoms with Crippen molar-refractivity contribution < 1.29 is 15.0 Å². The molecule has 3 aromatic rings. The van der Waals surface area contributed by atoms with Crippen molar-refractivity contribution in [2.45, 2.75) is 13.0 Å². The van der Waals surface area contributed by atoms with Gasteiger partial charge >= 0.3 is 0 Å². The average Bonchev–Trinajstić information content (AvgIpc) is 3.19. The van der Waals surface area contributed by atoms with Crippen LogP contribution in [-0.2, 0) is 0 Å². The van der Waals surface area contributed by atoms with E-state index in [1.165, 1.54) is 6.07 Å². The maximum Gasteiger partial charge on any atom is 0.255 e. The fraction of sp³-hybridized carbons (Fsp3) is 0.273. The van der Waals surface area contributed by atoms with Gasteiger partial charge in [0.1, 0.15) is 11.9 Å². The molecule has 2 aromatic carbocycles. The predicted octanol–water partition coefficient (Wildman–Crippen LogP) is 3.24. The number of aliphatic hydroxyl groups excluding tert-OH is 1. The molecule has 5 N–H and O–H groups in total. The molecule has 0 aliphatic rings. The smallest absolute Gasteiger partial charge is 0.255 e. The first-order valence-electron chi connectivity index (χ1n) is 9.83. The molecule has 31 heavy (non-hydrogen) atoms. The molecule has 0 bridgehead atoms. The monoisotopic (exact) mass is 554 g/mol. The molecule has 0 saturated heterocycles. The zero-order valence-corrected chi connectivity index (χ0v) is 20.3. The topological polar surface area (TPSA) is 106 Å². The number of nitrogens with zero attached hydrogens (tertiary/aromatic N) is 1. The highest BCUT2D eigenvalue weighted by Crippen LogP contribution is 2.29. The van der Waals surface area contributed by atoms with E-state index in [0.717, 1.165) is 15.0 Å². The summed E-state index contributed by atoms with van der Waals surface area (Å²) in [6.07, 6.45) is -0.682. The molecule has 7 nitrogen and oxygen atoms in total. The number of hydrogen-bond acceptors (Lipinski definition) is 5. The molecule has 0 aliphatic carbocycles. The highest BCUT2D eigenvalue weighted by molar-refractivity contribution is 14.0. The third-order valence-corrected chi connectivity index (χ3v) is 5.61. The van der Waals surface area contributed by atoms with Gasteiger partial charge < -0.3 is 26.2 Å². The number of phenolic OH excluding ortho intramolecular Hbond substituents is 1. The molecule has 0 radical (unpaired) electrons. The molecule has 1 aromatic heterocycles. The maximum absolute atomic E-state index is 12.1. The molecule has 1 atom stereocenters. The standard InChI is InChI=1S/C22H26N4O3S.HI/c1-2-23-22(25-12-11-24-21(29)16-8-4-5-9-17(16)27)26-14-18(28)20-13-15-7-3-6-10-19(15)30-20;/h3-10,13,18,27-28H,2,11-12,14H2,1H3,(H,24,29)(H2,23,25,26);1H. The Morgan fingerprint density at radius 1 is 1.06 bits per heavy atom. The summed E-state index contributed by atoms with van der Waals surface area (Å²) in [6.45, 7) is 3.67. The Bertz CT molecular complexity index is 992. The first-order valence-corrected chi connectivity index (χ1v) is 10.6. The van der Waals surface area contributed by atoms with E-state index in [1.807, 2.05) is 37.3 Å². The summed E-state index contributed by atoms with van der Waals surface area (Å²) in [7, 11) is 0. The number of benzene rings is 2. The van der Waals surface area contributed by atoms with Crippen LogP contribution >= 0.6 is 35.3 Å². The van der Waals surface area contributed by atoms with E-state index in [4.69, 9.17) is 0 Å². The first kappa shape index (κ1) is 24.9. The van der Waals surface area contributed by atoms with E-state index in [-0.39, 0.29) is 47.7 Å². The number of nitrogens with one attached hydrogen (secondary N) is 3. The summed E-state index contributed by atoms with van der Waals surface area (Å²) in [5, 5.41) is 30.4. The number of phenols is 1. The number of fused-ring (bicyclic) bond motifs is 1. The van der Waals surface area contributed by atoms with Crippen LogP contribution in [0.3, 0.4) is 0 Å². The minimum absolute atomic E-state index is 0. The number of aliphatic imine (C=N–C) groups is 1. The normalized spacial score (nSPS) is 12.1. The Morgan fingerprint density at radius 3 is 2.52 bits per heavy atom. The number of para-hydroxylation sites is 1. The van der Waals surface area contributed by atoms with E-state index in [1.54, 1.807) is 29.5 Å². The number of halogens is 1. The van der Waals surface area contributed by atoms with Gasteiger partial charge in [0.15, 0.2) is 5.96 Å². The molecule has 1 amide bonds. The van der Waals surface area contributed by atoms with Crippen LogP contribution in [0.25, 0.3) is 10.1 Å². The molecular formula is C22H27IN4O3S. The second kappa shape index (κ2) is 12.5. The number of carbonyl (C=O) groups excluding carboxylic acids is 1. The number of amides is 1. The van der Waals surface area contributed by atoms with Crippen molar-refractivity contribution in [1.29, 1.82) is 0 Å². The van der Waals surface area contributed by atoms with Crippen LogP contribution in [-0.4, -0.2) is 48.3 Å². The van der Waals surface area contributed by atoms with Gasteiger partial charge in [-0.2, -0.15) is 0 Å². The van der Waals surface area contributed by atoms with Crippen molar-refractivity contribution in [3.05, 3.63) is 65.0 Å². The van der Waals surface area contributed by atoms with Gasteiger partial charge in [0.25, 0.3) is 5.91 Å². The summed E-state index contributed by atoms with van der Waals surface area (Å²) in [5.41, 5.74) is 0.240. The Hall–Kier alpha value is -2.37. The molecular weight excluding hydrogens is 527 g/mol. The second-order valence-electron chi connectivity index (χ2n) is 6.62. The minimum Gasteiger partial charge on any atom is -0.507 e. The van der Waals surface area contributed by atoms with Crippen LogP contribution in [0.1, 0.15) is 28.3 Å². The largest absolute Gasteiger partial charge is 0.507 e. The lowest BCUT2D eigenvalue weighted by molar-refractivity contribution is 0.0951. The van der Waals surface area contributed by atoms with Gasteiger partial charge in [0.05, 0.1) is 12.1 Å². The zero-order valence-electron chi connectivity index (χ0n) is 17.2. The van der Waals surface area contributed by atoms with Crippen molar-refractivity contribution in [1.82, 2.24) is 16.0 Å². The quantitative estimate of drug-likeness (QED) is 0.127. The van der Waals surface area contributed by atoms with Gasteiger partial charge in [-0.15, -0.1) is 35.3 Å². The summed E-state index contributed by atoms with van der Waals surface area (Å²) >= 11 is 1.57. The van der Waals surface area contributed by atoms with Gasteiger partial charge in [-0.25, -0.2) is 0 Å². The van der Waals surface area contributed by atoms with Gasteiger partial charge in [0, 0.05) is 29.2 Å². The van der Waals surface area contributed by atoms with Crippen LogP contribution in [0.15, 0.2) is 59.6 Å². The number of guanidine groups is 1. The van der Waals surface area contributed by atoms with Crippen molar-refractivity contribution in [3.8, 4) is 5.75 Å². The summed E-state index contributed by atoms with van der Waals surface area (Å²) in [5.74, 6) is 0.180. The molecule has 1 heterocycles. The van der Waals surface area contributed by atoms with Crippen LogP contribution < -0.4 is 16.0 Å². The molecule has 1 unspecified atom stereocenters. The van der Waals surface area contributed by atoms with Crippen molar-refractivity contribution in [2.24, 2.45) is 4.99 Å². The van der Waals surface area contributed by atoms with E-state index in [2.05, 4.69) is 20.9 Å². The zero-order chi connectivity index (χ0) is 21.3. The highest BCUT2D eigenvalue weighted by Gasteiger charge is 2.12. The third-order valence-electron chi connectivity index (χ3n) is 4.39. The van der Waals surface area contributed by atoms with E-state index >= 15 is 0 Å². The van der Waals surface area contributed by atoms with Crippen LogP contribution in [0.2, 0.25) is 0 Å². The molecule has 166 valence electrons. The number of carbonyl (C=O) groups is 1. The second-order valence-corrected chi connectivity index (χ2v) is 7.74. The molecule has 0 fully saturated rings. The number of rotatable bonds is 8. The Morgan fingerprint density at radius 2 is 1.77 bits per heavy atom. The summed E-state index contributed by atoms with van der Waals surface area (Å²) in [4.78, 5) is 17.4. The molecule has 0 spiro atoms. The van der Waals surface area contributed by atoms with Gasteiger partial charge in [0.2, 0.25) is 0 Å². The number of aliphatic hydroxyl groups is 1. The van der Waals surface area contributed by atoms with Crippen molar-refractivity contribution >= 4 is 57.3 Å². The van der Waals surface area contributed by atoms with E-state index in [0.29, 0.717) is 25.6 Å². The lowest BCUT2D eigenvalue weighted by Crippen LogP contribution is -2.41. The fourth-order valence-electron chi connectivity index (χ4n) is 2.89. The lowest BCUT2D eigenvalue weighted by Gasteiger charge is -2.13. The Balaban J connectivity index is 0.00000341. The van der Waals surface area contributed by atoms with Gasteiger partial charge in [-0.1, -0.05) is 30.3 Å². The van der Waals surface area contributed by atoms with Crippen LogP contribution in [0.4, 0.5) is 0 Å². The highest BCUT2D eigenvalue weighted by atomic mass is 127. The molecule has 0 saturated carbocycles. The van der Waals surface area contributed by atoms with E-state index < -0.39 is 6.10 Å². The maximum atomic E-state index is 12.1. The van der Waals surface area contributed by atoms with Crippen LogP contribution in [0.5, 0.6) is 5.75 Å². The third kappa shape index (κ3) is 7.08. The van der Waals surface area contributed by atoms with Gasteiger partial charge in [-0.3, -0.25) is 9.79 Å². The van der Waals surface area contributed by atoms with Crippen molar-refractivity contribution in [2.75, 3.05) is 26.2 Å². The Labute approximate surface area is 202 Å². The molecule has 3 rings (SSSR count).